The minimum absolute atomic E-state index is 0.0970. The highest BCUT2D eigenvalue weighted by atomic mass is 16.1. The molecule has 2 rings (SSSR count). The highest BCUT2D eigenvalue weighted by Gasteiger charge is 2.25. The molecule has 0 radical (unpaired) electrons. The number of hydrogen-bond acceptors (Lipinski definition) is 3. The molecule has 0 aliphatic heterocycles. The van der Waals surface area contributed by atoms with E-state index in [9.17, 15) is 4.79 Å². The largest absolute Gasteiger partial charge is 0.330 e. The van der Waals surface area contributed by atoms with Gasteiger partial charge in [0.2, 0.25) is 5.91 Å². The van der Waals surface area contributed by atoms with Crippen LogP contribution in [0.3, 0.4) is 0 Å². The second kappa shape index (κ2) is 5.12. The molecular weight excluding hydrogens is 204 g/mol. The summed E-state index contributed by atoms with van der Waals surface area (Å²) >= 11 is 0. The smallest absolute Gasteiger partial charge is 0.228 e. The summed E-state index contributed by atoms with van der Waals surface area (Å²) in [6.07, 6.45) is 5.65. The van der Waals surface area contributed by atoms with Gasteiger partial charge in [0.1, 0.15) is 5.82 Å². The van der Waals surface area contributed by atoms with Crippen molar-refractivity contribution in [3.63, 3.8) is 0 Å². The first-order valence-corrected chi connectivity index (χ1v) is 5.80. The third-order valence-corrected chi connectivity index (χ3v) is 3.31. The Hall–Kier alpha value is -1.36. The van der Waals surface area contributed by atoms with E-state index in [0.717, 1.165) is 32.2 Å². The molecule has 0 spiro atoms. The molecule has 1 heterocycles. The monoisotopic (exact) mass is 222 g/mol. The van der Waals surface area contributed by atoms with Crippen molar-refractivity contribution in [2.45, 2.75) is 25.7 Å². The molecule has 16 heavy (non-hydrogen) atoms. The van der Waals surface area contributed by atoms with Gasteiger partial charge in [0.25, 0.3) is 0 Å². The summed E-state index contributed by atoms with van der Waals surface area (Å²) in [5.41, 5.74) is 5.62. The third-order valence-electron chi connectivity index (χ3n) is 3.31. The molecule has 1 fully saturated rings. The van der Waals surface area contributed by atoms with Gasteiger partial charge in [-0.05, 0) is 38.1 Å². The Morgan fingerprint density at radius 1 is 1.50 bits per heavy atom. The molecule has 0 saturated heterocycles. The van der Waals surface area contributed by atoms with Gasteiger partial charge in [-0.25, -0.2) is 0 Å². The number of anilines is 1. The van der Waals surface area contributed by atoms with Gasteiger partial charge in [0.15, 0.2) is 0 Å². The number of nitrogens with two attached hydrogens (primary N) is 1. The van der Waals surface area contributed by atoms with Crippen LogP contribution >= 0.6 is 0 Å². The van der Waals surface area contributed by atoms with Crippen LogP contribution < -0.4 is 11.1 Å². The first-order valence-electron chi connectivity index (χ1n) is 5.80. The zero-order valence-corrected chi connectivity index (χ0v) is 9.28. The molecule has 1 saturated carbocycles. The minimum Gasteiger partial charge on any atom is -0.330 e. The molecule has 1 amide bonds. The van der Waals surface area contributed by atoms with Gasteiger partial charge in [-0.15, -0.1) is 0 Å². The Labute approximate surface area is 94.8 Å². The van der Waals surface area contributed by atoms with Crippen molar-refractivity contribution in [3.8, 4) is 0 Å². The lowest BCUT2D eigenvalue weighted by Crippen LogP contribution is -2.29. The molecular formula is C11H18N4O. The third kappa shape index (κ3) is 2.61. The fraction of sp³-hybridized carbons (Fsp3) is 0.636. The summed E-state index contributed by atoms with van der Waals surface area (Å²) in [5, 5.41) is 9.35. The lowest BCUT2D eigenvalue weighted by molar-refractivity contribution is -0.121. The molecule has 5 heteroatoms. The van der Waals surface area contributed by atoms with E-state index in [1.807, 2.05) is 0 Å². The van der Waals surface area contributed by atoms with E-state index >= 15 is 0 Å². The SMILES string of the molecule is NC[C@H]1CC[C@H](C(=O)Nc2ccn[nH]2)CC1. The molecule has 1 aromatic heterocycles. The second-order valence-corrected chi connectivity index (χ2v) is 4.41. The molecule has 1 aromatic rings. The quantitative estimate of drug-likeness (QED) is 0.716. The summed E-state index contributed by atoms with van der Waals surface area (Å²) in [6.45, 7) is 0.745. The van der Waals surface area contributed by atoms with E-state index < -0.39 is 0 Å². The van der Waals surface area contributed by atoms with Crippen molar-refractivity contribution >= 4 is 11.7 Å². The van der Waals surface area contributed by atoms with Crippen molar-refractivity contribution in [1.82, 2.24) is 10.2 Å². The highest BCUT2D eigenvalue weighted by molar-refractivity contribution is 5.91. The van der Waals surface area contributed by atoms with Crippen molar-refractivity contribution in [2.75, 3.05) is 11.9 Å². The lowest BCUT2D eigenvalue weighted by Gasteiger charge is -2.26. The van der Waals surface area contributed by atoms with E-state index in [-0.39, 0.29) is 11.8 Å². The summed E-state index contributed by atoms with van der Waals surface area (Å²) in [4.78, 5) is 11.9. The minimum atomic E-state index is 0.0970. The van der Waals surface area contributed by atoms with Crippen LogP contribution in [0.15, 0.2) is 12.3 Å². The number of hydrogen-bond donors (Lipinski definition) is 3. The normalized spacial score (nSPS) is 25.3. The summed E-state index contributed by atoms with van der Waals surface area (Å²) in [5.74, 6) is 1.51. The number of nitrogens with one attached hydrogen (secondary N) is 2. The molecule has 0 bridgehead atoms. The van der Waals surface area contributed by atoms with Crippen LogP contribution in [0.5, 0.6) is 0 Å². The van der Waals surface area contributed by atoms with Crippen LogP contribution in [0.4, 0.5) is 5.82 Å². The molecule has 88 valence electrons. The second-order valence-electron chi connectivity index (χ2n) is 4.41. The average molecular weight is 222 g/mol. The summed E-state index contributed by atoms with van der Waals surface area (Å²) in [7, 11) is 0. The number of aromatic amines is 1. The van der Waals surface area contributed by atoms with Gasteiger partial charge in [-0.1, -0.05) is 0 Å². The van der Waals surface area contributed by atoms with Gasteiger partial charge < -0.3 is 11.1 Å². The molecule has 5 nitrogen and oxygen atoms in total. The zero-order chi connectivity index (χ0) is 11.4. The molecule has 0 unspecified atom stereocenters. The summed E-state index contributed by atoms with van der Waals surface area (Å²) < 4.78 is 0. The van der Waals surface area contributed by atoms with Gasteiger partial charge in [0, 0.05) is 12.0 Å². The number of nitrogens with zero attached hydrogens (tertiary/aromatic N) is 1. The molecule has 0 atom stereocenters. The van der Waals surface area contributed by atoms with Gasteiger partial charge in [-0.3, -0.25) is 9.89 Å². The predicted octanol–water partition coefficient (Wildman–Crippen LogP) is 1.11. The van der Waals surface area contributed by atoms with Crippen molar-refractivity contribution in [3.05, 3.63) is 12.3 Å². The van der Waals surface area contributed by atoms with Crippen molar-refractivity contribution in [2.24, 2.45) is 17.6 Å². The number of carbonyl (C=O) groups excluding carboxylic acids is 1. The first kappa shape index (κ1) is 11.1. The highest BCUT2D eigenvalue weighted by Crippen LogP contribution is 2.28. The maximum absolute atomic E-state index is 11.9. The van der Waals surface area contributed by atoms with Gasteiger partial charge in [-0.2, -0.15) is 5.10 Å². The average Bonchev–Trinajstić information content (AvgIpc) is 2.82. The zero-order valence-electron chi connectivity index (χ0n) is 9.28. The molecule has 1 aliphatic rings. The summed E-state index contributed by atoms with van der Waals surface area (Å²) in [6, 6.07) is 1.75. The Kier molecular flexibility index (Phi) is 3.56. The Morgan fingerprint density at radius 2 is 2.25 bits per heavy atom. The van der Waals surface area contributed by atoms with E-state index in [0.29, 0.717) is 11.7 Å². The Bertz CT molecular complexity index is 328. The van der Waals surface area contributed by atoms with Crippen molar-refractivity contribution in [1.29, 1.82) is 0 Å². The molecule has 0 aromatic carbocycles. The van der Waals surface area contributed by atoms with Gasteiger partial charge in [0.05, 0.1) is 6.20 Å². The van der Waals surface area contributed by atoms with E-state index in [4.69, 9.17) is 5.73 Å². The molecule has 1 aliphatic carbocycles. The number of rotatable bonds is 3. The topological polar surface area (TPSA) is 83.8 Å². The van der Waals surface area contributed by atoms with Crippen LogP contribution in [0, 0.1) is 11.8 Å². The maximum Gasteiger partial charge on any atom is 0.228 e. The number of carbonyl (C=O) groups is 1. The first-order chi connectivity index (χ1) is 7.79. The van der Waals surface area contributed by atoms with Crippen LogP contribution in [0.1, 0.15) is 25.7 Å². The van der Waals surface area contributed by atoms with Crippen LogP contribution in [-0.4, -0.2) is 22.6 Å². The van der Waals surface area contributed by atoms with E-state index in [1.165, 1.54) is 0 Å². The van der Waals surface area contributed by atoms with E-state index in [1.54, 1.807) is 12.3 Å². The number of amides is 1. The molecule has 4 N–H and O–H groups in total. The maximum atomic E-state index is 11.9. The fourth-order valence-electron chi connectivity index (χ4n) is 2.22. The van der Waals surface area contributed by atoms with Gasteiger partial charge >= 0.3 is 0 Å². The predicted molar refractivity (Wildman–Crippen MR) is 61.7 cm³/mol. The Morgan fingerprint density at radius 3 is 2.81 bits per heavy atom. The number of aromatic nitrogens is 2. The van der Waals surface area contributed by atoms with Crippen LogP contribution in [0.25, 0.3) is 0 Å². The lowest BCUT2D eigenvalue weighted by atomic mass is 9.81. The fourth-order valence-corrected chi connectivity index (χ4v) is 2.22. The van der Waals surface area contributed by atoms with Crippen LogP contribution in [-0.2, 0) is 4.79 Å². The number of H-pyrrole nitrogens is 1. The Balaban J connectivity index is 1.82. The van der Waals surface area contributed by atoms with Crippen molar-refractivity contribution < 1.29 is 4.79 Å². The van der Waals surface area contributed by atoms with E-state index in [2.05, 4.69) is 15.5 Å². The standard InChI is InChI=1S/C11H18N4O/c12-7-8-1-3-9(4-2-8)11(16)14-10-5-6-13-15-10/h5-6,8-9H,1-4,7,12H2,(H2,13,14,15,16)/t8-,9-. The van der Waals surface area contributed by atoms with Crippen LogP contribution in [0.2, 0.25) is 0 Å².